The van der Waals surface area contributed by atoms with Crippen molar-refractivity contribution in [1.82, 2.24) is 10.2 Å². The first kappa shape index (κ1) is 18.6. The maximum atomic E-state index is 12.7. The third-order valence-electron chi connectivity index (χ3n) is 6.32. The van der Waals surface area contributed by atoms with Gasteiger partial charge in [0.05, 0.1) is 19.8 Å². The smallest absolute Gasteiger partial charge is 0.234 e. The molecular weight excluding hydrogens is 340 g/mol. The van der Waals surface area contributed by atoms with Gasteiger partial charge in [-0.2, -0.15) is 0 Å². The Kier molecular flexibility index (Phi) is 5.86. The third-order valence-corrected chi connectivity index (χ3v) is 6.32. The minimum atomic E-state index is 0.176. The number of fused-ring (bicyclic) bond motifs is 1. The van der Waals surface area contributed by atoms with Crippen LogP contribution in [0, 0.1) is 5.92 Å². The monoisotopic (exact) mass is 372 g/mol. The average Bonchev–Trinajstić information content (AvgIpc) is 2.99. The van der Waals surface area contributed by atoms with Crippen molar-refractivity contribution >= 4 is 5.91 Å². The molecule has 1 saturated heterocycles. The summed E-state index contributed by atoms with van der Waals surface area (Å²) in [5, 5.41) is 3.30. The van der Waals surface area contributed by atoms with Crippen LogP contribution in [0.15, 0.2) is 18.2 Å². The Labute approximate surface area is 162 Å². The molecule has 1 N–H and O–H groups in total. The molecule has 1 saturated carbocycles. The van der Waals surface area contributed by atoms with E-state index in [0.717, 1.165) is 43.7 Å². The van der Waals surface area contributed by atoms with Crippen LogP contribution < -0.4 is 14.8 Å². The fourth-order valence-corrected chi connectivity index (χ4v) is 4.75. The lowest BCUT2D eigenvalue weighted by Crippen LogP contribution is -2.45. The van der Waals surface area contributed by atoms with Crippen LogP contribution in [0.5, 0.6) is 11.5 Å². The van der Waals surface area contributed by atoms with Crippen molar-refractivity contribution in [1.29, 1.82) is 0 Å². The Bertz CT molecular complexity index is 663. The van der Waals surface area contributed by atoms with Gasteiger partial charge in [0.15, 0.2) is 11.5 Å². The van der Waals surface area contributed by atoms with E-state index >= 15 is 0 Å². The van der Waals surface area contributed by atoms with Crippen LogP contribution in [-0.2, 0) is 4.79 Å². The Morgan fingerprint density at radius 3 is 2.74 bits per heavy atom. The number of carbonyl (C=O) groups is 1. The summed E-state index contributed by atoms with van der Waals surface area (Å²) in [6.45, 7) is 5.14. The topological polar surface area (TPSA) is 50.8 Å². The van der Waals surface area contributed by atoms with Gasteiger partial charge in [-0.05, 0) is 55.8 Å². The van der Waals surface area contributed by atoms with E-state index in [1.165, 1.54) is 24.8 Å². The molecule has 0 unspecified atom stereocenters. The highest BCUT2D eigenvalue weighted by Gasteiger charge is 2.30. The van der Waals surface area contributed by atoms with Crippen molar-refractivity contribution in [3.63, 3.8) is 0 Å². The standard InChI is InChI=1S/C22H32N2O3/c1-16-6-2-3-7-18(16)23-22(25)15-24-11-4-8-19(24)17-9-10-20-21(14-17)27-13-5-12-26-20/h9-10,14,16,18-19H,2-8,11-13,15H2,1H3,(H,23,25)/t16-,18+,19-/m1/s1. The Morgan fingerprint density at radius 2 is 1.89 bits per heavy atom. The molecule has 27 heavy (non-hydrogen) atoms. The van der Waals surface area contributed by atoms with Gasteiger partial charge in [0, 0.05) is 18.5 Å². The van der Waals surface area contributed by atoms with Gasteiger partial charge in [-0.1, -0.05) is 25.8 Å². The van der Waals surface area contributed by atoms with Crippen LogP contribution in [0.3, 0.4) is 0 Å². The predicted octanol–water partition coefficient (Wildman–Crippen LogP) is 3.68. The van der Waals surface area contributed by atoms with Crippen LogP contribution >= 0.6 is 0 Å². The highest BCUT2D eigenvalue weighted by atomic mass is 16.5. The second kappa shape index (κ2) is 8.51. The number of hydrogen-bond donors (Lipinski definition) is 1. The SMILES string of the molecule is C[C@@H]1CCCC[C@@H]1NC(=O)CN1CCC[C@@H]1c1ccc2c(c1)OCCCO2. The number of nitrogens with zero attached hydrogens (tertiary/aromatic N) is 1. The summed E-state index contributed by atoms with van der Waals surface area (Å²) in [5.41, 5.74) is 1.23. The Balaban J connectivity index is 1.40. The molecule has 0 spiro atoms. The zero-order chi connectivity index (χ0) is 18.6. The molecule has 2 fully saturated rings. The number of nitrogens with one attached hydrogen (secondary N) is 1. The summed E-state index contributed by atoms with van der Waals surface area (Å²) in [6, 6.07) is 6.92. The first-order valence-corrected chi connectivity index (χ1v) is 10.6. The van der Waals surface area contributed by atoms with E-state index in [1.54, 1.807) is 0 Å². The predicted molar refractivity (Wildman–Crippen MR) is 105 cm³/mol. The molecule has 2 aliphatic heterocycles. The van der Waals surface area contributed by atoms with Gasteiger partial charge in [0.25, 0.3) is 0 Å². The molecule has 2 heterocycles. The van der Waals surface area contributed by atoms with Crippen LogP contribution in [0.4, 0.5) is 0 Å². The Morgan fingerprint density at radius 1 is 1.07 bits per heavy atom. The molecule has 1 amide bonds. The summed E-state index contributed by atoms with van der Waals surface area (Å²) in [6.07, 6.45) is 8.02. The van der Waals surface area contributed by atoms with Crippen molar-refractivity contribution in [2.45, 2.75) is 64.0 Å². The quantitative estimate of drug-likeness (QED) is 0.876. The molecular formula is C22H32N2O3. The average molecular weight is 373 g/mol. The summed E-state index contributed by atoms with van der Waals surface area (Å²) in [7, 11) is 0. The van der Waals surface area contributed by atoms with Crippen molar-refractivity contribution < 1.29 is 14.3 Å². The lowest BCUT2D eigenvalue weighted by atomic mass is 9.86. The lowest BCUT2D eigenvalue weighted by molar-refractivity contribution is -0.123. The molecule has 0 radical (unpaired) electrons. The summed E-state index contributed by atoms with van der Waals surface area (Å²) in [4.78, 5) is 15.0. The highest BCUT2D eigenvalue weighted by Crippen LogP contribution is 2.37. The molecule has 0 aromatic heterocycles. The largest absolute Gasteiger partial charge is 0.490 e. The number of benzene rings is 1. The van der Waals surface area contributed by atoms with Crippen molar-refractivity contribution in [3.05, 3.63) is 23.8 Å². The highest BCUT2D eigenvalue weighted by molar-refractivity contribution is 5.78. The number of amides is 1. The van der Waals surface area contributed by atoms with Gasteiger partial charge >= 0.3 is 0 Å². The van der Waals surface area contributed by atoms with E-state index in [0.29, 0.717) is 31.7 Å². The van der Waals surface area contributed by atoms with Crippen LogP contribution in [-0.4, -0.2) is 43.2 Å². The van der Waals surface area contributed by atoms with Crippen LogP contribution in [0.2, 0.25) is 0 Å². The summed E-state index contributed by atoms with van der Waals surface area (Å²) >= 11 is 0. The number of likely N-dealkylation sites (tertiary alicyclic amines) is 1. The van der Waals surface area contributed by atoms with E-state index in [4.69, 9.17) is 9.47 Å². The van der Waals surface area contributed by atoms with Crippen molar-refractivity contribution in [2.24, 2.45) is 5.92 Å². The van der Waals surface area contributed by atoms with E-state index in [1.807, 2.05) is 6.07 Å². The second-order valence-electron chi connectivity index (χ2n) is 8.32. The van der Waals surface area contributed by atoms with E-state index < -0.39 is 0 Å². The fraction of sp³-hybridized carbons (Fsp3) is 0.682. The minimum Gasteiger partial charge on any atom is -0.490 e. The molecule has 3 atom stereocenters. The number of ether oxygens (including phenoxy) is 2. The molecule has 4 rings (SSSR count). The molecule has 1 aromatic rings. The van der Waals surface area contributed by atoms with E-state index in [-0.39, 0.29) is 11.9 Å². The molecule has 3 aliphatic rings. The van der Waals surface area contributed by atoms with Gasteiger partial charge in [-0.15, -0.1) is 0 Å². The molecule has 1 aliphatic carbocycles. The fourth-order valence-electron chi connectivity index (χ4n) is 4.75. The van der Waals surface area contributed by atoms with Gasteiger partial charge in [0.2, 0.25) is 5.91 Å². The summed E-state index contributed by atoms with van der Waals surface area (Å²) in [5.74, 6) is 2.45. The van der Waals surface area contributed by atoms with Gasteiger partial charge < -0.3 is 14.8 Å². The zero-order valence-corrected chi connectivity index (χ0v) is 16.4. The minimum absolute atomic E-state index is 0.176. The molecule has 5 nitrogen and oxygen atoms in total. The molecule has 0 bridgehead atoms. The van der Waals surface area contributed by atoms with Gasteiger partial charge in [-0.3, -0.25) is 9.69 Å². The van der Waals surface area contributed by atoms with Crippen molar-refractivity contribution in [2.75, 3.05) is 26.3 Å². The maximum absolute atomic E-state index is 12.7. The first-order chi connectivity index (χ1) is 13.2. The molecule has 148 valence electrons. The van der Waals surface area contributed by atoms with Crippen LogP contribution in [0.25, 0.3) is 0 Å². The van der Waals surface area contributed by atoms with Crippen molar-refractivity contribution in [3.8, 4) is 11.5 Å². The number of hydrogen-bond acceptors (Lipinski definition) is 4. The third kappa shape index (κ3) is 4.40. The Hall–Kier alpha value is -1.75. The first-order valence-electron chi connectivity index (χ1n) is 10.6. The molecule has 5 heteroatoms. The van der Waals surface area contributed by atoms with E-state index in [2.05, 4.69) is 29.3 Å². The normalized spacial score (nSPS) is 28.6. The van der Waals surface area contributed by atoms with E-state index in [9.17, 15) is 4.79 Å². The van der Waals surface area contributed by atoms with Gasteiger partial charge in [-0.25, -0.2) is 0 Å². The summed E-state index contributed by atoms with van der Waals surface area (Å²) < 4.78 is 11.6. The molecule has 1 aromatic carbocycles. The second-order valence-corrected chi connectivity index (χ2v) is 8.32. The lowest BCUT2D eigenvalue weighted by Gasteiger charge is -2.31. The number of carbonyl (C=O) groups excluding carboxylic acids is 1. The number of rotatable bonds is 4. The van der Waals surface area contributed by atoms with Gasteiger partial charge in [0.1, 0.15) is 0 Å². The maximum Gasteiger partial charge on any atom is 0.234 e. The zero-order valence-electron chi connectivity index (χ0n) is 16.4. The van der Waals surface area contributed by atoms with Crippen LogP contribution in [0.1, 0.15) is 63.5 Å².